The number of aromatic hydroxyl groups is 1. The van der Waals surface area contributed by atoms with Gasteiger partial charge in [-0.1, -0.05) is 24.3 Å². The first-order valence-corrected chi connectivity index (χ1v) is 7.77. The molecule has 6 nitrogen and oxygen atoms in total. The molecule has 6 heteroatoms. The highest BCUT2D eigenvalue weighted by atomic mass is 16.5. The maximum absolute atomic E-state index is 12.2. The van der Waals surface area contributed by atoms with Crippen LogP contribution in [0.5, 0.6) is 11.5 Å². The fourth-order valence-corrected chi connectivity index (χ4v) is 2.15. The first kappa shape index (κ1) is 18.2. The van der Waals surface area contributed by atoms with Crippen LogP contribution >= 0.6 is 0 Å². The average molecular weight is 341 g/mol. The highest BCUT2D eigenvalue weighted by Crippen LogP contribution is 2.23. The van der Waals surface area contributed by atoms with Crippen LogP contribution < -0.4 is 4.74 Å². The Bertz CT molecular complexity index is 768. The second-order valence-electron chi connectivity index (χ2n) is 5.16. The van der Waals surface area contributed by atoms with Crippen molar-refractivity contribution in [1.82, 2.24) is 0 Å². The van der Waals surface area contributed by atoms with Crippen molar-refractivity contribution < 1.29 is 24.2 Å². The van der Waals surface area contributed by atoms with E-state index < -0.39 is 18.0 Å². The highest BCUT2D eigenvalue weighted by Gasteiger charge is 2.20. The minimum atomic E-state index is -0.883. The van der Waals surface area contributed by atoms with Gasteiger partial charge in [0, 0.05) is 18.7 Å². The number of para-hydroxylation sites is 1. The summed E-state index contributed by atoms with van der Waals surface area (Å²) >= 11 is 0. The Morgan fingerprint density at radius 2 is 1.84 bits per heavy atom. The topological polar surface area (TPSA) is 85.2 Å². The summed E-state index contributed by atoms with van der Waals surface area (Å²) in [6, 6.07) is 12.1. The predicted molar refractivity (Wildman–Crippen MR) is 92.8 cm³/mol. The third kappa shape index (κ3) is 5.17. The monoisotopic (exact) mass is 341 g/mol. The van der Waals surface area contributed by atoms with E-state index >= 15 is 0 Å². The zero-order valence-electron chi connectivity index (χ0n) is 14.0. The van der Waals surface area contributed by atoms with Gasteiger partial charge < -0.3 is 14.6 Å². The molecule has 2 rings (SSSR count). The number of hydrogen-bond donors (Lipinski definition) is 1. The molecule has 2 aromatic rings. The molecule has 0 aromatic heterocycles. The van der Waals surface area contributed by atoms with Crippen molar-refractivity contribution in [2.45, 2.75) is 19.9 Å². The van der Waals surface area contributed by atoms with Gasteiger partial charge in [0.1, 0.15) is 11.5 Å². The number of carbonyl (C=O) groups is 2. The fourth-order valence-electron chi connectivity index (χ4n) is 2.15. The van der Waals surface area contributed by atoms with Gasteiger partial charge in [-0.3, -0.25) is 9.79 Å². The number of phenols is 1. The zero-order chi connectivity index (χ0) is 18.2. The summed E-state index contributed by atoms with van der Waals surface area (Å²) in [5.41, 5.74) is 1.14. The first-order chi connectivity index (χ1) is 12.0. The van der Waals surface area contributed by atoms with Gasteiger partial charge >= 0.3 is 11.9 Å². The van der Waals surface area contributed by atoms with Crippen LogP contribution in [0.4, 0.5) is 0 Å². The third-order valence-corrected chi connectivity index (χ3v) is 3.25. The Morgan fingerprint density at radius 3 is 2.48 bits per heavy atom. The van der Waals surface area contributed by atoms with Gasteiger partial charge in [0.05, 0.1) is 6.61 Å². The molecule has 0 spiro atoms. The predicted octanol–water partition coefficient (Wildman–Crippen LogP) is 3.04. The number of carbonyl (C=O) groups excluding carboxylic acids is 2. The molecule has 1 atom stereocenters. The Hall–Kier alpha value is -3.15. The van der Waals surface area contributed by atoms with Crippen molar-refractivity contribution in [3.8, 4) is 11.5 Å². The Morgan fingerprint density at radius 1 is 1.16 bits per heavy atom. The lowest BCUT2D eigenvalue weighted by Crippen LogP contribution is -2.14. The maximum atomic E-state index is 12.2. The van der Waals surface area contributed by atoms with Crippen molar-refractivity contribution in [1.29, 1.82) is 0 Å². The third-order valence-electron chi connectivity index (χ3n) is 3.25. The Labute approximate surface area is 145 Å². The number of benzene rings is 2. The summed E-state index contributed by atoms with van der Waals surface area (Å²) in [5.74, 6) is -0.502. The summed E-state index contributed by atoms with van der Waals surface area (Å²) < 4.78 is 10.2. The van der Waals surface area contributed by atoms with E-state index in [2.05, 4.69) is 4.99 Å². The molecule has 0 amide bonds. The Balaban J connectivity index is 2.33. The van der Waals surface area contributed by atoms with Crippen molar-refractivity contribution in [3.63, 3.8) is 0 Å². The van der Waals surface area contributed by atoms with Crippen molar-refractivity contribution >= 4 is 18.2 Å². The quantitative estimate of drug-likeness (QED) is 0.496. The minimum absolute atomic E-state index is 0.0931. The van der Waals surface area contributed by atoms with Gasteiger partial charge in [0.25, 0.3) is 0 Å². The Kier molecular flexibility index (Phi) is 6.28. The number of esters is 2. The van der Waals surface area contributed by atoms with Crippen LogP contribution in [0, 0.1) is 0 Å². The standard InChI is InChI=1S/C19H19NO5/c1-3-24-19(23)18(14-8-10-16(22)11-9-14)20-12-15-6-4-5-7-17(15)25-13(2)21/h4-12,18,22H,3H2,1-2H3/t18-/m1/s1. The lowest BCUT2D eigenvalue weighted by Gasteiger charge is -2.12. The largest absolute Gasteiger partial charge is 0.508 e. The van der Waals surface area contributed by atoms with E-state index in [-0.39, 0.29) is 12.4 Å². The van der Waals surface area contributed by atoms with Gasteiger partial charge in [-0.2, -0.15) is 0 Å². The van der Waals surface area contributed by atoms with Gasteiger partial charge in [0.15, 0.2) is 6.04 Å². The molecule has 0 unspecified atom stereocenters. The van der Waals surface area contributed by atoms with E-state index in [1.54, 1.807) is 43.3 Å². The number of ether oxygens (including phenoxy) is 2. The molecule has 0 aliphatic heterocycles. The number of aliphatic imine (C=N–C) groups is 1. The minimum Gasteiger partial charge on any atom is -0.508 e. The van der Waals surface area contributed by atoms with Gasteiger partial charge in [-0.05, 0) is 36.8 Å². The van der Waals surface area contributed by atoms with Crippen molar-refractivity contribution in [2.75, 3.05) is 6.61 Å². The average Bonchev–Trinajstić information content (AvgIpc) is 2.58. The van der Waals surface area contributed by atoms with Gasteiger partial charge in [0.2, 0.25) is 0 Å². The fraction of sp³-hybridized carbons (Fsp3) is 0.211. The molecular formula is C19H19NO5. The zero-order valence-corrected chi connectivity index (χ0v) is 14.0. The molecule has 2 aromatic carbocycles. The second-order valence-corrected chi connectivity index (χ2v) is 5.16. The summed E-state index contributed by atoms with van der Waals surface area (Å²) in [6.07, 6.45) is 1.46. The van der Waals surface area contributed by atoms with Crippen LogP contribution in [-0.4, -0.2) is 29.9 Å². The molecule has 0 radical (unpaired) electrons. The number of hydrogen-bond acceptors (Lipinski definition) is 6. The highest BCUT2D eigenvalue weighted by molar-refractivity contribution is 5.88. The normalized spacial score (nSPS) is 11.9. The summed E-state index contributed by atoms with van der Waals surface area (Å²) in [4.78, 5) is 27.7. The lowest BCUT2D eigenvalue weighted by atomic mass is 10.1. The van der Waals surface area contributed by atoms with E-state index in [4.69, 9.17) is 9.47 Å². The van der Waals surface area contributed by atoms with E-state index in [0.29, 0.717) is 16.9 Å². The van der Waals surface area contributed by atoms with E-state index in [9.17, 15) is 14.7 Å². The van der Waals surface area contributed by atoms with Crippen LogP contribution in [0.15, 0.2) is 53.5 Å². The molecule has 1 N–H and O–H groups in total. The van der Waals surface area contributed by atoms with Crippen LogP contribution in [0.25, 0.3) is 0 Å². The SMILES string of the molecule is CCOC(=O)[C@H](N=Cc1ccccc1OC(C)=O)c1ccc(O)cc1. The molecule has 0 aliphatic carbocycles. The van der Waals surface area contributed by atoms with Crippen molar-refractivity contribution in [3.05, 3.63) is 59.7 Å². The van der Waals surface area contributed by atoms with Crippen LogP contribution in [0.1, 0.15) is 31.0 Å². The maximum Gasteiger partial charge on any atom is 0.335 e. The molecule has 0 aliphatic rings. The molecule has 0 bridgehead atoms. The molecular weight excluding hydrogens is 322 g/mol. The number of phenolic OH excluding ortho intramolecular Hbond substituents is 1. The molecule has 0 fully saturated rings. The molecule has 0 heterocycles. The number of rotatable bonds is 6. The van der Waals surface area contributed by atoms with Crippen molar-refractivity contribution in [2.24, 2.45) is 4.99 Å². The molecule has 25 heavy (non-hydrogen) atoms. The summed E-state index contributed by atoms with van der Waals surface area (Å²) in [5, 5.41) is 9.41. The first-order valence-electron chi connectivity index (χ1n) is 7.77. The number of nitrogens with zero attached hydrogens (tertiary/aromatic N) is 1. The lowest BCUT2D eigenvalue weighted by molar-refractivity contribution is -0.144. The molecule has 130 valence electrons. The van der Waals surface area contributed by atoms with Crippen LogP contribution in [-0.2, 0) is 14.3 Å². The van der Waals surface area contributed by atoms with Crippen LogP contribution in [0.2, 0.25) is 0 Å². The second kappa shape index (κ2) is 8.63. The van der Waals surface area contributed by atoms with E-state index in [1.807, 2.05) is 0 Å². The summed E-state index contributed by atoms with van der Waals surface area (Å²) in [7, 11) is 0. The molecule has 0 saturated heterocycles. The smallest absolute Gasteiger partial charge is 0.335 e. The van der Waals surface area contributed by atoms with Crippen LogP contribution in [0.3, 0.4) is 0 Å². The van der Waals surface area contributed by atoms with E-state index in [1.165, 1.54) is 25.3 Å². The molecule has 0 saturated carbocycles. The van der Waals surface area contributed by atoms with E-state index in [0.717, 1.165) is 0 Å². The summed E-state index contributed by atoms with van der Waals surface area (Å²) in [6.45, 7) is 3.25. The van der Waals surface area contributed by atoms with Gasteiger partial charge in [-0.15, -0.1) is 0 Å². The van der Waals surface area contributed by atoms with Gasteiger partial charge in [-0.25, -0.2) is 4.79 Å².